The third-order valence-corrected chi connectivity index (χ3v) is 4.56. The molecule has 1 saturated heterocycles. The third kappa shape index (κ3) is 3.94. The maximum Gasteiger partial charge on any atom is 0.224 e. The van der Waals surface area contributed by atoms with Crippen LogP contribution in [0.1, 0.15) is 35.3 Å². The first kappa shape index (κ1) is 16.9. The molecular formula is C17H21ClN4O2. The van der Waals surface area contributed by atoms with Gasteiger partial charge in [0.25, 0.3) is 0 Å². The minimum absolute atomic E-state index is 0.0439. The van der Waals surface area contributed by atoms with Crippen molar-refractivity contribution >= 4 is 17.5 Å². The molecule has 1 amide bonds. The Kier molecular flexibility index (Phi) is 5.16. The molecule has 2 heterocycles. The number of rotatable bonds is 5. The van der Waals surface area contributed by atoms with Crippen molar-refractivity contribution in [3.8, 4) is 0 Å². The number of halogens is 1. The van der Waals surface area contributed by atoms with Gasteiger partial charge in [-0.25, -0.2) is 4.98 Å². The molecule has 0 bridgehead atoms. The predicted octanol–water partition coefficient (Wildman–Crippen LogP) is 2.51. The van der Waals surface area contributed by atoms with Crippen LogP contribution in [0, 0.1) is 19.8 Å². The van der Waals surface area contributed by atoms with E-state index in [0.717, 1.165) is 23.4 Å². The van der Waals surface area contributed by atoms with Crippen LogP contribution in [0.15, 0.2) is 18.2 Å². The molecule has 2 atom stereocenters. The van der Waals surface area contributed by atoms with Crippen LogP contribution in [0.25, 0.3) is 0 Å². The van der Waals surface area contributed by atoms with E-state index in [4.69, 9.17) is 16.3 Å². The van der Waals surface area contributed by atoms with Crippen molar-refractivity contribution in [3.05, 3.63) is 46.0 Å². The van der Waals surface area contributed by atoms with Gasteiger partial charge in [-0.2, -0.15) is 5.10 Å². The summed E-state index contributed by atoms with van der Waals surface area (Å²) < 4.78 is 5.73. The van der Waals surface area contributed by atoms with E-state index >= 15 is 0 Å². The number of nitrogens with zero attached hydrogens (tertiary/aromatic N) is 2. The molecule has 3 rings (SSSR count). The number of amides is 1. The van der Waals surface area contributed by atoms with Gasteiger partial charge in [0.15, 0.2) is 5.82 Å². The van der Waals surface area contributed by atoms with E-state index < -0.39 is 0 Å². The summed E-state index contributed by atoms with van der Waals surface area (Å²) in [6.45, 7) is 5.03. The van der Waals surface area contributed by atoms with Gasteiger partial charge in [0.05, 0.1) is 6.42 Å². The highest BCUT2D eigenvalue weighted by atomic mass is 35.5. The molecule has 2 N–H and O–H groups in total. The van der Waals surface area contributed by atoms with Crippen LogP contribution >= 0.6 is 11.6 Å². The molecule has 1 fully saturated rings. The first-order chi connectivity index (χ1) is 11.5. The van der Waals surface area contributed by atoms with Crippen LogP contribution in [0.3, 0.4) is 0 Å². The van der Waals surface area contributed by atoms with Crippen LogP contribution in [-0.2, 0) is 16.0 Å². The zero-order valence-corrected chi connectivity index (χ0v) is 14.6. The van der Waals surface area contributed by atoms with Crippen molar-refractivity contribution in [3.63, 3.8) is 0 Å². The van der Waals surface area contributed by atoms with Gasteiger partial charge in [-0.3, -0.25) is 9.89 Å². The number of aromatic amines is 1. The van der Waals surface area contributed by atoms with Crippen LogP contribution in [0.5, 0.6) is 0 Å². The molecule has 0 radical (unpaired) electrons. The lowest BCUT2D eigenvalue weighted by Gasteiger charge is -2.16. The van der Waals surface area contributed by atoms with Gasteiger partial charge in [0, 0.05) is 24.1 Å². The van der Waals surface area contributed by atoms with E-state index in [2.05, 4.69) is 20.5 Å². The molecule has 2 aromatic rings. The Hall–Kier alpha value is -1.92. The average molecular weight is 349 g/mol. The van der Waals surface area contributed by atoms with Gasteiger partial charge < -0.3 is 10.1 Å². The SMILES string of the molecule is Cc1ccc(CC(=O)NC[C@@H]2CCO[C@@H]2c2n[nH]c(C)n2)c(Cl)c1. The number of aromatic nitrogens is 3. The zero-order chi connectivity index (χ0) is 17.1. The van der Waals surface area contributed by atoms with Crippen LogP contribution in [-0.4, -0.2) is 34.2 Å². The van der Waals surface area contributed by atoms with Crippen molar-refractivity contribution in [1.82, 2.24) is 20.5 Å². The first-order valence-electron chi connectivity index (χ1n) is 8.05. The number of nitrogens with one attached hydrogen (secondary N) is 2. The lowest BCUT2D eigenvalue weighted by atomic mass is 10.0. The highest BCUT2D eigenvalue weighted by Gasteiger charge is 2.32. The summed E-state index contributed by atoms with van der Waals surface area (Å²) in [6, 6.07) is 5.73. The molecule has 1 aliphatic heterocycles. The molecule has 1 aromatic carbocycles. The second-order valence-corrected chi connectivity index (χ2v) is 6.60. The van der Waals surface area contributed by atoms with E-state index in [9.17, 15) is 4.79 Å². The Labute approximate surface area is 146 Å². The summed E-state index contributed by atoms with van der Waals surface area (Å²) in [4.78, 5) is 16.5. The molecular weight excluding hydrogens is 328 g/mol. The molecule has 0 unspecified atom stereocenters. The number of hydrogen-bond acceptors (Lipinski definition) is 4. The maximum absolute atomic E-state index is 12.2. The van der Waals surface area contributed by atoms with Crippen LogP contribution < -0.4 is 5.32 Å². The number of hydrogen-bond donors (Lipinski definition) is 2. The lowest BCUT2D eigenvalue weighted by Crippen LogP contribution is -2.32. The second kappa shape index (κ2) is 7.32. The molecule has 0 saturated carbocycles. The number of ether oxygens (including phenoxy) is 1. The summed E-state index contributed by atoms with van der Waals surface area (Å²) in [6.07, 6.45) is 0.985. The smallest absolute Gasteiger partial charge is 0.224 e. The molecule has 6 nitrogen and oxygen atoms in total. The largest absolute Gasteiger partial charge is 0.370 e. The van der Waals surface area contributed by atoms with Crippen molar-refractivity contribution in [1.29, 1.82) is 0 Å². The summed E-state index contributed by atoms with van der Waals surface area (Å²) in [5.74, 6) is 1.55. The Morgan fingerprint density at radius 2 is 2.29 bits per heavy atom. The van der Waals surface area contributed by atoms with E-state index in [1.807, 2.05) is 32.0 Å². The van der Waals surface area contributed by atoms with E-state index in [1.54, 1.807) is 0 Å². The van der Waals surface area contributed by atoms with Gasteiger partial charge in [0.2, 0.25) is 5.91 Å². The monoisotopic (exact) mass is 348 g/mol. The van der Waals surface area contributed by atoms with Crippen molar-refractivity contribution in [2.24, 2.45) is 5.92 Å². The molecule has 0 spiro atoms. The van der Waals surface area contributed by atoms with Crippen molar-refractivity contribution < 1.29 is 9.53 Å². The Balaban J connectivity index is 1.55. The Morgan fingerprint density at radius 3 is 3.00 bits per heavy atom. The average Bonchev–Trinajstić information content (AvgIpc) is 3.16. The second-order valence-electron chi connectivity index (χ2n) is 6.19. The predicted molar refractivity (Wildman–Crippen MR) is 90.8 cm³/mol. The number of aryl methyl sites for hydroxylation is 2. The fourth-order valence-corrected chi connectivity index (χ4v) is 3.19. The topological polar surface area (TPSA) is 79.9 Å². The minimum Gasteiger partial charge on any atom is -0.370 e. The Morgan fingerprint density at radius 1 is 1.46 bits per heavy atom. The standard InChI is InChI=1S/C17H21ClN4O2/c1-10-3-4-12(14(18)7-10)8-15(23)19-9-13-5-6-24-16(13)17-20-11(2)21-22-17/h3-4,7,13,16H,5-6,8-9H2,1-2H3,(H,19,23)(H,20,21,22)/t13-,16-/m0/s1. The van der Waals surface area contributed by atoms with Crippen molar-refractivity contribution in [2.75, 3.05) is 13.2 Å². The lowest BCUT2D eigenvalue weighted by molar-refractivity contribution is -0.120. The summed E-state index contributed by atoms with van der Waals surface area (Å²) in [7, 11) is 0. The first-order valence-corrected chi connectivity index (χ1v) is 8.43. The fourth-order valence-electron chi connectivity index (χ4n) is 2.89. The van der Waals surface area contributed by atoms with Gasteiger partial charge in [-0.05, 0) is 37.5 Å². The Bertz CT molecular complexity index is 731. The number of carbonyl (C=O) groups is 1. The highest BCUT2D eigenvalue weighted by molar-refractivity contribution is 6.31. The normalized spacial score (nSPS) is 20.3. The molecule has 1 aromatic heterocycles. The van der Waals surface area contributed by atoms with E-state index in [-0.39, 0.29) is 24.3 Å². The maximum atomic E-state index is 12.2. The number of H-pyrrole nitrogens is 1. The third-order valence-electron chi connectivity index (χ3n) is 4.20. The van der Waals surface area contributed by atoms with E-state index in [0.29, 0.717) is 24.0 Å². The number of carbonyl (C=O) groups excluding carboxylic acids is 1. The van der Waals surface area contributed by atoms with Crippen LogP contribution in [0.2, 0.25) is 5.02 Å². The zero-order valence-electron chi connectivity index (χ0n) is 13.8. The summed E-state index contributed by atoms with van der Waals surface area (Å²) >= 11 is 6.19. The fraction of sp³-hybridized carbons (Fsp3) is 0.471. The molecule has 1 aliphatic rings. The van der Waals surface area contributed by atoms with Crippen LogP contribution in [0.4, 0.5) is 0 Å². The summed E-state index contributed by atoms with van der Waals surface area (Å²) in [5, 5.41) is 10.6. The van der Waals surface area contributed by atoms with Gasteiger partial charge in [0.1, 0.15) is 11.9 Å². The minimum atomic E-state index is -0.168. The number of benzene rings is 1. The molecule has 128 valence electrons. The quantitative estimate of drug-likeness (QED) is 0.870. The molecule has 0 aliphatic carbocycles. The highest BCUT2D eigenvalue weighted by Crippen LogP contribution is 2.32. The molecule has 24 heavy (non-hydrogen) atoms. The summed E-state index contributed by atoms with van der Waals surface area (Å²) in [5.41, 5.74) is 1.92. The van der Waals surface area contributed by atoms with E-state index in [1.165, 1.54) is 0 Å². The van der Waals surface area contributed by atoms with Crippen molar-refractivity contribution in [2.45, 2.75) is 32.8 Å². The molecule has 7 heteroatoms. The van der Waals surface area contributed by atoms with Gasteiger partial charge >= 0.3 is 0 Å². The van der Waals surface area contributed by atoms with Gasteiger partial charge in [-0.15, -0.1) is 0 Å². The van der Waals surface area contributed by atoms with Gasteiger partial charge in [-0.1, -0.05) is 23.7 Å².